The minimum Gasteiger partial charge on any atom is -0.497 e. The first kappa shape index (κ1) is 19.8. The molecule has 1 aliphatic heterocycles. The number of hydrogen-bond acceptors (Lipinski definition) is 6. The first-order valence-electron chi connectivity index (χ1n) is 9.95. The van der Waals surface area contributed by atoms with Crippen LogP contribution in [-0.2, 0) is 0 Å². The van der Waals surface area contributed by atoms with Gasteiger partial charge in [-0.2, -0.15) is 0 Å². The molecule has 0 aliphatic carbocycles. The summed E-state index contributed by atoms with van der Waals surface area (Å²) in [6, 6.07) is 12.3. The molecular weight excluding hydrogens is 382 g/mol. The number of amides is 1. The van der Waals surface area contributed by atoms with Gasteiger partial charge in [-0.25, -0.2) is 14.8 Å². The second-order valence-electron chi connectivity index (χ2n) is 7.31. The number of anilines is 2. The molecule has 1 amide bonds. The van der Waals surface area contributed by atoms with Gasteiger partial charge in [-0.15, -0.1) is 0 Å². The molecule has 2 aromatic carbocycles. The minimum absolute atomic E-state index is 0.198. The zero-order valence-corrected chi connectivity index (χ0v) is 17.1. The zero-order chi connectivity index (χ0) is 21.1. The Balaban J connectivity index is 1.71. The average Bonchev–Trinajstić information content (AvgIpc) is 2.79. The molecule has 156 valence electrons. The lowest BCUT2D eigenvalue weighted by atomic mass is 10.00. The van der Waals surface area contributed by atoms with E-state index in [1.165, 1.54) is 4.90 Å². The number of rotatable bonds is 5. The summed E-state index contributed by atoms with van der Waals surface area (Å²) in [6.45, 7) is 1.07. The largest absolute Gasteiger partial charge is 0.497 e. The third kappa shape index (κ3) is 4.07. The maximum Gasteiger partial charge on any atom is 0.407 e. The van der Waals surface area contributed by atoms with Crippen molar-refractivity contribution in [2.24, 2.45) is 0 Å². The second-order valence-corrected chi connectivity index (χ2v) is 7.31. The molecule has 1 fully saturated rings. The van der Waals surface area contributed by atoms with E-state index in [-0.39, 0.29) is 6.04 Å². The Morgan fingerprint density at radius 1 is 1.20 bits per heavy atom. The highest BCUT2D eigenvalue weighted by Crippen LogP contribution is 2.34. The maximum atomic E-state index is 11.2. The van der Waals surface area contributed by atoms with Crippen molar-refractivity contribution in [2.45, 2.75) is 18.9 Å². The quantitative estimate of drug-likeness (QED) is 0.590. The van der Waals surface area contributed by atoms with E-state index in [1.54, 1.807) is 20.4 Å². The van der Waals surface area contributed by atoms with Crippen LogP contribution in [-0.4, -0.2) is 59.4 Å². The molecule has 0 saturated carbocycles. The fourth-order valence-corrected chi connectivity index (χ4v) is 3.81. The summed E-state index contributed by atoms with van der Waals surface area (Å²) in [6.07, 6.45) is 2.41. The van der Waals surface area contributed by atoms with Crippen molar-refractivity contribution in [3.05, 3.63) is 42.6 Å². The molecule has 8 heteroatoms. The number of aromatic nitrogens is 2. The lowest BCUT2D eigenvalue weighted by Crippen LogP contribution is -2.41. The first-order valence-corrected chi connectivity index (χ1v) is 9.95. The Morgan fingerprint density at radius 2 is 2.00 bits per heavy atom. The summed E-state index contributed by atoms with van der Waals surface area (Å²) >= 11 is 0. The van der Waals surface area contributed by atoms with E-state index in [1.807, 2.05) is 24.3 Å². The number of piperidine rings is 1. The third-order valence-corrected chi connectivity index (χ3v) is 5.46. The van der Waals surface area contributed by atoms with Crippen LogP contribution in [0.2, 0.25) is 0 Å². The van der Waals surface area contributed by atoms with Crippen molar-refractivity contribution in [1.82, 2.24) is 14.9 Å². The Bertz CT molecular complexity index is 1060. The second kappa shape index (κ2) is 8.44. The summed E-state index contributed by atoms with van der Waals surface area (Å²) in [5.74, 6) is 1.36. The van der Waals surface area contributed by atoms with Gasteiger partial charge < -0.3 is 25.4 Å². The van der Waals surface area contributed by atoms with Gasteiger partial charge in [-0.1, -0.05) is 6.07 Å². The van der Waals surface area contributed by atoms with Crippen LogP contribution in [0, 0.1) is 0 Å². The van der Waals surface area contributed by atoms with E-state index < -0.39 is 6.09 Å². The van der Waals surface area contributed by atoms with Crippen LogP contribution in [0.4, 0.5) is 16.4 Å². The molecule has 3 aromatic rings. The molecule has 1 aromatic heterocycles. The van der Waals surface area contributed by atoms with Gasteiger partial charge >= 0.3 is 6.09 Å². The van der Waals surface area contributed by atoms with Crippen molar-refractivity contribution in [3.63, 3.8) is 0 Å². The van der Waals surface area contributed by atoms with Gasteiger partial charge in [0.15, 0.2) is 0 Å². The van der Waals surface area contributed by atoms with E-state index in [0.717, 1.165) is 46.3 Å². The van der Waals surface area contributed by atoms with E-state index >= 15 is 0 Å². The van der Waals surface area contributed by atoms with Gasteiger partial charge in [-0.05, 0) is 48.6 Å². The molecule has 0 atom stereocenters. The highest BCUT2D eigenvalue weighted by atomic mass is 16.5. The van der Waals surface area contributed by atoms with Crippen molar-refractivity contribution >= 4 is 28.5 Å². The molecule has 8 nitrogen and oxygen atoms in total. The van der Waals surface area contributed by atoms with Crippen molar-refractivity contribution in [3.8, 4) is 17.0 Å². The molecule has 4 rings (SSSR count). The molecular formula is C22H25N5O3. The first-order chi connectivity index (χ1) is 14.6. The number of carbonyl (C=O) groups is 1. The van der Waals surface area contributed by atoms with E-state index in [0.29, 0.717) is 19.0 Å². The van der Waals surface area contributed by atoms with Gasteiger partial charge in [0.25, 0.3) is 0 Å². The maximum absolute atomic E-state index is 11.2. The Kier molecular flexibility index (Phi) is 5.56. The molecule has 1 saturated heterocycles. The number of fused-ring (bicyclic) bond motifs is 1. The minimum atomic E-state index is -0.852. The number of hydrogen-bond donors (Lipinski definition) is 3. The molecule has 0 bridgehead atoms. The number of nitrogens with one attached hydrogen (secondary N) is 2. The fourth-order valence-electron chi connectivity index (χ4n) is 3.81. The van der Waals surface area contributed by atoms with Gasteiger partial charge in [-0.3, -0.25) is 0 Å². The van der Waals surface area contributed by atoms with Crippen LogP contribution in [0.5, 0.6) is 5.75 Å². The smallest absolute Gasteiger partial charge is 0.407 e. The predicted molar refractivity (Wildman–Crippen MR) is 117 cm³/mol. The summed E-state index contributed by atoms with van der Waals surface area (Å²) in [4.78, 5) is 21.4. The molecule has 0 radical (unpaired) electrons. The monoisotopic (exact) mass is 407 g/mol. The molecule has 3 N–H and O–H groups in total. The van der Waals surface area contributed by atoms with E-state index in [2.05, 4.69) is 32.7 Å². The molecule has 0 spiro atoms. The lowest BCUT2D eigenvalue weighted by molar-refractivity contribution is 0.134. The SMILES string of the molecule is CNc1nccc(-c2cc(NC3CCN(C(=O)O)CC3)c3cc(OC)ccc3c2)n1. The van der Waals surface area contributed by atoms with Crippen molar-refractivity contribution in [1.29, 1.82) is 0 Å². The Labute approximate surface area is 174 Å². The highest BCUT2D eigenvalue weighted by Gasteiger charge is 2.23. The topological polar surface area (TPSA) is 99.6 Å². The number of benzene rings is 2. The van der Waals surface area contributed by atoms with Gasteiger partial charge in [0.1, 0.15) is 5.75 Å². The van der Waals surface area contributed by atoms with Gasteiger partial charge in [0.05, 0.1) is 12.8 Å². The molecule has 0 unspecified atom stereocenters. The fraction of sp³-hybridized carbons (Fsp3) is 0.318. The average molecular weight is 407 g/mol. The Morgan fingerprint density at radius 3 is 2.70 bits per heavy atom. The molecule has 30 heavy (non-hydrogen) atoms. The number of likely N-dealkylation sites (tertiary alicyclic amines) is 1. The van der Waals surface area contributed by atoms with Crippen LogP contribution < -0.4 is 15.4 Å². The molecule has 1 aliphatic rings. The Hall–Kier alpha value is -3.55. The molecule has 2 heterocycles. The van der Waals surface area contributed by atoms with Crippen LogP contribution in [0.25, 0.3) is 22.0 Å². The van der Waals surface area contributed by atoms with E-state index in [9.17, 15) is 9.90 Å². The summed E-state index contributed by atoms with van der Waals surface area (Å²) in [7, 11) is 3.45. The summed E-state index contributed by atoms with van der Waals surface area (Å²) in [5, 5.41) is 17.9. The number of carboxylic acid groups (broad SMARTS) is 1. The predicted octanol–water partition coefficient (Wildman–Crippen LogP) is 3.90. The lowest BCUT2D eigenvalue weighted by Gasteiger charge is -2.31. The van der Waals surface area contributed by atoms with Gasteiger partial charge in [0, 0.05) is 49.0 Å². The van der Waals surface area contributed by atoms with Crippen molar-refractivity contribution < 1.29 is 14.6 Å². The van der Waals surface area contributed by atoms with Gasteiger partial charge in [0.2, 0.25) is 5.95 Å². The van der Waals surface area contributed by atoms with Crippen molar-refractivity contribution in [2.75, 3.05) is 37.9 Å². The normalized spacial score (nSPS) is 14.5. The van der Waals surface area contributed by atoms with Crippen LogP contribution in [0.3, 0.4) is 0 Å². The third-order valence-electron chi connectivity index (χ3n) is 5.46. The van der Waals surface area contributed by atoms with Crippen LogP contribution in [0.15, 0.2) is 42.6 Å². The van der Waals surface area contributed by atoms with E-state index in [4.69, 9.17) is 4.74 Å². The number of nitrogens with zero attached hydrogens (tertiary/aromatic N) is 3. The number of methoxy groups -OCH3 is 1. The highest BCUT2D eigenvalue weighted by molar-refractivity contribution is 5.98. The number of ether oxygens (including phenoxy) is 1. The van der Waals surface area contributed by atoms with Crippen LogP contribution in [0.1, 0.15) is 12.8 Å². The van der Waals surface area contributed by atoms with Crippen LogP contribution >= 0.6 is 0 Å². The standard InChI is InChI=1S/C22H25N5O3/c1-23-21-24-8-5-19(26-21)15-11-14-3-4-17(30-2)13-18(14)20(12-15)25-16-6-9-27(10-7-16)22(28)29/h3-5,8,11-13,16,25H,6-7,9-10H2,1-2H3,(H,28,29)(H,23,24,26). The zero-order valence-electron chi connectivity index (χ0n) is 17.1. The summed E-state index contributed by atoms with van der Waals surface area (Å²) in [5.41, 5.74) is 2.80. The summed E-state index contributed by atoms with van der Waals surface area (Å²) < 4.78 is 5.42.